The molecule has 0 saturated carbocycles. The lowest BCUT2D eigenvalue weighted by atomic mass is 9.81. The Morgan fingerprint density at radius 3 is 2.55 bits per heavy atom. The maximum absolute atomic E-state index is 13.8. The van der Waals surface area contributed by atoms with Crippen LogP contribution in [0.15, 0.2) is 97.3 Å². The summed E-state index contributed by atoms with van der Waals surface area (Å²) in [5.41, 5.74) is 6.04. The number of likely N-dealkylation sites (N-methyl/N-ethyl adjacent to an activating group) is 1. The van der Waals surface area contributed by atoms with Crippen LogP contribution in [0.3, 0.4) is 0 Å². The first-order valence-corrected chi connectivity index (χ1v) is 13.1. The molecule has 2 unspecified atom stereocenters. The van der Waals surface area contributed by atoms with Gasteiger partial charge in [0.2, 0.25) is 6.33 Å². The molecule has 0 radical (unpaired) electrons. The Bertz CT molecular complexity index is 1680. The first-order chi connectivity index (χ1) is 18.0. The van der Waals surface area contributed by atoms with Crippen molar-refractivity contribution in [2.24, 2.45) is 0 Å². The highest BCUT2D eigenvalue weighted by atomic mass is 79.9. The summed E-state index contributed by atoms with van der Waals surface area (Å²) in [6, 6.07) is 32.1. The molecule has 6 heteroatoms. The van der Waals surface area contributed by atoms with E-state index >= 15 is 0 Å². The molecule has 2 aliphatic heterocycles. The number of amides is 1. The van der Waals surface area contributed by atoms with Gasteiger partial charge in [-0.2, -0.15) is 0 Å². The van der Waals surface area contributed by atoms with Crippen molar-refractivity contribution in [1.29, 1.82) is 0 Å². The number of benzene rings is 4. The van der Waals surface area contributed by atoms with Gasteiger partial charge < -0.3 is 26.8 Å². The number of hydrogen-bond acceptors (Lipinski definition) is 2. The van der Waals surface area contributed by atoms with Crippen molar-refractivity contribution in [3.8, 4) is 0 Å². The van der Waals surface area contributed by atoms with Gasteiger partial charge in [-0.1, -0.05) is 73.7 Å². The second-order valence-electron chi connectivity index (χ2n) is 10.8. The maximum atomic E-state index is 13.8. The molecule has 0 spiro atoms. The van der Waals surface area contributed by atoms with Crippen molar-refractivity contribution >= 4 is 33.4 Å². The average molecular weight is 568 g/mol. The Hall–Kier alpha value is -3.64. The third-order valence-electron chi connectivity index (χ3n) is 8.58. The smallest absolute Gasteiger partial charge is 0.266 e. The van der Waals surface area contributed by atoms with E-state index in [1.807, 2.05) is 0 Å². The van der Waals surface area contributed by atoms with E-state index in [2.05, 4.69) is 130 Å². The highest BCUT2D eigenvalue weighted by Gasteiger charge is 2.54. The van der Waals surface area contributed by atoms with Crippen molar-refractivity contribution < 1.29 is 26.3 Å². The van der Waals surface area contributed by atoms with E-state index in [1.165, 1.54) is 27.6 Å². The number of carbonyl (C=O) groups is 1. The third-order valence-corrected chi connectivity index (χ3v) is 8.58. The summed E-state index contributed by atoms with van der Waals surface area (Å²) in [5, 5.41) is 2.50. The van der Waals surface area contributed by atoms with Gasteiger partial charge in [0.15, 0.2) is 17.6 Å². The van der Waals surface area contributed by atoms with Gasteiger partial charge in [-0.25, -0.2) is 9.13 Å². The highest BCUT2D eigenvalue weighted by Crippen LogP contribution is 2.51. The standard InChI is InChI=1S/C32H31N4O.BrH/c1-32-17-18-36(31(32)33(2)27-12-6-5-11-26(27)32)30(37)21-35-22-34(28-13-7-8-14-29(28)35)20-23-15-16-24-9-3-4-10-25(24)19-23;/h3-16,19,22,31H,17-18,20-21H2,1-2H3;1H/q+1;/p-1. The van der Waals surface area contributed by atoms with Crippen LogP contribution < -0.4 is 26.4 Å². The summed E-state index contributed by atoms with van der Waals surface area (Å²) >= 11 is 0. The van der Waals surface area contributed by atoms with E-state index in [0.717, 1.165) is 30.5 Å². The van der Waals surface area contributed by atoms with E-state index in [-0.39, 0.29) is 34.5 Å². The maximum Gasteiger partial charge on any atom is 0.266 e. The number of para-hydroxylation sites is 3. The molecule has 1 amide bonds. The lowest BCUT2D eigenvalue weighted by Gasteiger charge is -2.34. The molecule has 1 aromatic heterocycles. The SMILES string of the molecule is CN1c2ccccc2C2(C)CCN(C(=O)Cn3c[n+](Cc4ccc5ccccc5c4)c4ccccc43)C12.[Br-]. The molecule has 4 aromatic carbocycles. The van der Waals surface area contributed by atoms with Crippen LogP contribution in [0.5, 0.6) is 0 Å². The number of anilines is 1. The fourth-order valence-electron chi connectivity index (χ4n) is 6.78. The Balaban J connectivity index is 0.00000264. The third kappa shape index (κ3) is 3.73. The van der Waals surface area contributed by atoms with Crippen LogP contribution >= 0.6 is 0 Å². The summed E-state index contributed by atoms with van der Waals surface area (Å²) in [4.78, 5) is 18.2. The van der Waals surface area contributed by atoms with Crippen LogP contribution in [-0.2, 0) is 23.3 Å². The number of imidazole rings is 1. The number of hydrogen-bond donors (Lipinski definition) is 0. The second kappa shape index (κ2) is 9.28. The Kier molecular flexibility index (Phi) is 6.03. The van der Waals surface area contributed by atoms with Crippen molar-refractivity contribution in [1.82, 2.24) is 9.47 Å². The average Bonchev–Trinajstić information content (AvgIpc) is 3.53. The monoisotopic (exact) mass is 566 g/mol. The van der Waals surface area contributed by atoms with Gasteiger partial charge in [0.1, 0.15) is 12.7 Å². The van der Waals surface area contributed by atoms with Crippen LogP contribution in [-0.4, -0.2) is 35.1 Å². The number of rotatable bonds is 4. The molecule has 7 rings (SSSR count). The van der Waals surface area contributed by atoms with E-state index in [0.29, 0.717) is 6.54 Å². The Morgan fingerprint density at radius 1 is 0.947 bits per heavy atom. The van der Waals surface area contributed by atoms with Gasteiger partial charge in [-0.05, 0) is 52.6 Å². The first kappa shape index (κ1) is 24.7. The molecule has 2 aliphatic rings. The van der Waals surface area contributed by atoms with Crippen molar-refractivity contribution in [2.45, 2.75) is 38.0 Å². The minimum Gasteiger partial charge on any atom is -1.00 e. The van der Waals surface area contributed by atoms with Gasteiger partial charge >= 0.3 is 0 Å². The van der Waals surface area contributed by atoms with E-state index in [4.69, 9.17) is 0 Å². The minimum absolute atomic E-state index is 0. The van der Waals surface area contributed by atoms with Crippen LogP contribution in [0.25, 0.3) is 21.8 Å². The predicted molar refractivity (Wildman–Crippen MR) is 147 cm³/mol. The number of halogens is 1. The predicted octanol–water partition coefficient (Wildman–Crippen LogP) is 2.10. The molecule has 0 aliphatic carbocycles. The minimum atomic E-state index is -0.0320. The normalized spacial score (nSPS) is 20.0. The number of carbonyl (C=O) groups excluding carboxylic acids is 1. The Labute approximate surface area is 233 Å². The first-order valence-electron chi connectivity index (χ1n) is 13.1. The fourth-order valence-corrected chi connectivity index (χ4v) is 6.78. The lowest BCUT2D eigenvalue weighted by molar-refractivity contribution is -0.663. The molecule has 38 heavy (non-hydrogen) atoms. The zero-order valence-electron chi connectivity index (χ0n) is 21.7. The molecule has 1 fully saturated rings. The number of aromatic nitrogens is 2. The van der Waals surface area contributed by atoms with Crippen LogP contribution in [0, 0.1) is 0 Å². The molecule has 0 bridgehead atoms. The molecular weight excluding hydrogens is 536 g/mol. The van der Waals surface area contributed by atoms with Gasteiger partial charge in [-0.3, -0.25) is 4.79 Å². The molecule has 5 nitrogen and oxygen atoms in total. The van der Waals surface area contributed by atoms with Crippen LogP contribution in [0.4, 0.5) is 5.69 Å². The summed E-state index contributed by atoms with van der Waals surface area (Å²) < 4.78 is 4.38. The topological polar surface area (TPSA) is 32.4 Å². The van der Waals surface area contributed by atoms with Gasteiger partial charge in [0.05, 0.1) is 0 Å². The highest BCUT2D eigenvalue weighted by molar-refractivity contribution is 5.83. The molecule has 5 aromatic rings. The van der Waals surface area contributed by atoms with Crippen LogP contribution in [0.2, 0.25) is 0 Å². The number of nitrogens with zero attached hydrogens (tertiary/aromatic N) is 4. The van der Waals surface area contributed by atoms with E-state index < -0.39 is 0 Å². The number of fused-ring (bicyclic) bond motifs is 5. The summed E-state index contributed by atoms with van der Waals surface area (Å²) in [6.07, 6.45) is 3.16. The van der Waals surface area contributed by atoms with Gasteiger partial charge in [0, 0.05) is 24.7 Å². The Morgan fingerprint density at radius 2 is 1.68 bits per heavy atom. The molecule has 192 valence electrons. The molecule has 2 atom stereocenters. The van der Waals surface area contributed by atoms with E-state index in [9.17, 15) is 4.79 Å². The molecule has 0 N–H and O–H groups in total. The van der Waals surface area contributed by atoms with Crippen LogP contribution in [0.1, 0.15) is 24.5 Å². The van der Waals surface area contributed by atoms with Crippen molar-refractivity contribution in [3.05, 3.63) is 108 Å². The summed E-state index contributed by atoms with van der Waals surface area (Å²) in [7, 11) is 2.13. The molecule has 3 heterocycles. The summed E-state index contributed by atoms with van der Waals surface area (Å²) in [6.45, 7) is 4.20. The van der Waals surface area contributed by atoms with Crippen molar-refractivity contribution in [3.63, 3.8) is 0 Å². The number of likely N-dealkylation sites (tertiary alicyclic amines) is 1. The quantitative estimate of drug-likeness (QED) is 0.312. The van der Waals surface area contributed by atoms with E-state index in [1.54, 1.807) is 0 Å². The molecule has 1 saturated heterocycles. The second-order valence-corrected chi connectivity index (χ2v) is 10.8. The van der Waals surface area contributed by atoms with Crippen molar-refractivity contribution in [2.75, 3.05) is 18.5 Å². The lowest BCUT2D eigenvalue weighted by Crippen LogP contribution is -3.00. The molecular formula is C32H31BrN4O. The van der Waals surface area contributed by atoms with Gasteiger partial charge in [0.25, 0.3) is 5.91 Å². The fraction of sp³-hybridized carbons (Fsp3) is 0.250. The summed E-state index contributed by atoms with van der Waals surface area (Å²) in [5.74, 6) is 0.173. The largest absolute Gasteiger partial charge is 1.00 e. The zero-order valence-corrected chi connectivity index (χ0v) is 23.3. The zero-order chi connectivity index (χ0) is 25.1. The van der Waals surface area contributed by atoms with Gasteiger partial charge in [-0.15, -0.1) is 0 Å².